The van der Waals surface area contributed by atoms with E-state index < -0.39 is 5.92 Å². The molecule has 1 amide bonds. The van der Waals surface area contributed by atoms with E-state index in [9.17, 15) is 9.90 Å². The number of piperidine rings is 2. The Morgan fingerprint density at radius 1 is 0.884 bits per heavy atom. The van der Waals surface area contributed by atoms with Crippen LogP contribution in [0.1, 0.15) is 73.9 Å². The number of aliphatic hydroxyl groups is 1. The summed E-state index contributed by atoms with van der Waals surface area (Å²) in [4.78, 5) is 23.3. The van der Waals surface area contributed by atoms with Gasteiger partial charge in [0.1, 0.15) is 5.82 Å². The van der Waals surface area contributed by atoms with Crippen molar-refractivity contribution in [2.24, 2.45) is 0 Å². The second-order valence-electron chi connectivity index (χ2n) is 13.1. The number of rotatable bonds is 8. The van der Waals surface area contributed by atoms with Crippen molar-refractivity contribution in [3.63, 3.8) is 0 Å². The Morgan fingerprint density at radius 2 is 1.51 bits per heavy atom. The molecule has 0 spiro atoms. The van der Waals surface area contributed by atoms with E-state index in [1.54, 1.807) is 0 Å². The van der Waals surface area contributed by atoms with Crippen LogP contribution in [0.5, 0.6) is 0 Å². The third-order valence-electron chi connectivity index (χ3n) is 10.9. The van der Waals surface area contributed by atoms with Crippen molar-refractivity contribution >= 4 is 16.9 Å². The predicted molar refractivity (Wildman–Crippen MR) is 171 cm³/mol. The molecule has 3 aliphatic rings. The fraction of sp³-hybridized carbons (Fsp3) is 0.459. The summed E-state index contributed by atoms with van der Waals surface area (Å²) in [6.07, 6.45) is 8.00. The first-order valence-electron chi connectivity index (χ1n) is 16.3. The van der Waals surface area contributed by atoms with Crippen LogP contribution in [0.25, 0.3) is 11.0 Å². The molecule has 2 bridgehead atoms. The summed E-state index contributed by atoms with van der Waals surface area (Å²) in [6.45, 7) is 4.59. The van der Waals surface area contributed by atoms with Crippen LogP contribution in [0.15, 0.2) is 84.9 Å². The van der Waals surface area contributed by atoms with Crippen molar-refractivity contribution in [1.82, 2.24) is 19.4 Å². The summed E-state index contributed by atoms with van der Waals surface area (Å²) in [6, 6.07) is 31.1. The molecule has 3 aromatic carbocycles. The van der Waals surface area contributed by atoms with Crippen molar-refractivity contribution in [2.45, 2.75) is 81.3 Å². The van der Waals surface area contributed by atoms with E-state index in [1.807, 2.05) is 35.2 Å². The Hall–Kier alpha value is -3.48. The number of aromatic nitrogens is 2. The molecule has 0 radical (unpaired) electrons. The number of benzene rings is 3. The fourth-order valence-electron chi connectivity index (χ4n) is 8.65. The molecule has 4 aromatic rings. The normalized spacial score (nSPS) is 24.3. The van der Waals surface area contributed by atoms with Crippen LogP contribution in [0, 0.1) is 6.92 Å². The number of likely N-dealkylation sites (tertiary alicyclic amines) is 1. The van der Waals surface area contributed by atoms with Gasteiger partial charge in [-0.1, -0.05) is 72.8 Å². The summed E-state index contributed by atoms with van der Waals surface area (Å²) in [7, 11) is 0. The molecule has 1 unspecified atom stereocenters. The van der Waals surface area contributed by atoms with E-state index in [0.29, 0.717) is 18.1 Å². The van der Waals surface area contributed by atoms with Crippen LogP contribution in [-0.2, 0) is 10.2 Å². The smallest absolute Gasteiger partial charge is 0.232 e. The van der Waals surface area contributed by atoms with E-state index in [2.05, 4.69) is 71.0 Å². The molecule has 3 saturated heterocycles. The van der Waals surface area contributed by atoms with Gasteiger partial charge in [-0.15, -0.1) is 0 Å². The minimum atomic E-state index is -0.487. The van der Waals surface area contributed by atoms with Crippen LogP contribution in [0.2, 0.25) is 0 Å². The lowest BCUT2D eigenvalue weighted by Gasteiger charge is -2.46. The number of imidazole rings is 1. The number of carbonyl (C=O) groups excluding carboxylic acids is 1. The quantitative estimate of drug-likeness (QED) is 0.270. The van der Waals surface area contributed by atoms with E-state index in [1.165, 1.54) is 36.8 Å². The van der Waals surface area contributed by atoms with Gasteiger partial charge < -0.3 is 14.6 Å². The van der Waals surface area contributed by atoms with E-state index in [4.69, 9.17) is 4.98 Å². The number of fused-ring (bicyclic) bond motifs is 3. The number of hydrogen-bond donors (Lipinski definition) is 1. The number of carbonyl (C=O) groups is 1. The van der Waals surface area contributed by atoms with Gasteiger partial charge in [0.2, 0.25) is 5.91 Å². The molecular weight excluding hydrogens is 532 g/mol. The van der Waals surface area contributed by atoms with Crippen LogP contribution >= 0.6 is 0 Å². The highest BCUT2D eigenvalue weighted by molar-refractivity contribution is 5.84. The Balaban J connectivity index is 1.05. The van der Waals surface area contributed by atoms with Gasteiger partial charge in [0.05, 0.1) is 23.6 Å². The lowest BCUT2D eigenvalue weighted by molar-refractivity contribution is -0.135. The highest BCUT2D eigenvalue weighted by Gasteiger charge is 2.44. The van der Waals surface area contributed by atoms with Crippen molar-refractivity contribution in [3.8, 4) is 0 Å². The molecule has 4 atom stereocenters. The maximum absolute atomic E-state index is 13.6. The Bertz CT molecular complexity index is 1530. The minimum absolute atomic E-state index is 0.0535. The molecule has 7 rings (SSSR count). The summed E-state index contributed by atoms with van der Waals surface area (Å²) >= 11 is 0. The zero-order valence-corrected chi connectivity index (χ0v) is 25.3. The first-order chi connectivity index (χ1) is 21.1. The van der Waals surface area contributed by atoms with Crippen LogP contribution in [0.4, 0.5) is 0 Å². The largest absolute Gasteiger partial charge is 0.395 e. The lowest BCUT2D eigenvalue weighted by atomic mass is 9.70. The van der Waals surface area contributed by atoms with Gasteiger partial charge in [0, 0.05) is 31.2 Å². The number of hydrogen-bond acceptors (Lipinski definition) is 4. The fourth-order valence-corrected chi connectivity index (χ4v) is 8.65. The SMILES string of the molecule is Cc1nc2ccccc2n1[C@H]1C[C@H]2CC[C@@H](C1)N2CCC1(c2ccccc2)CCN(C(=O)C(CO)c2ccccc2)CC1. The number of aryl methyl sites for hydroxylation is 1. The van der Waals surface area contributed by atoms with Gasteiger partial charge in [0.15, 0.2) is 0 Å². The number of para-hydroxylation sites is 2. The van der Waals surface area contributed by atoms with Gasteiger partial charge in [-0.2, -0.15) is 0 Å². The van der Waals surface area contributed by atoms with E-state index in [-0.39, 0.29) is 17.9 Å². The second kappa shape index (κ2) is 11.9. The molecule has 0 aliphatic carbocycles. The molecule has 3 aliphatic heterocycles. The summed E-state index contributed by atoms with van der Waals surface area (Å²) in [5, 5.41) is 10.1. The topological polar surface area (TPSA) is 61.6 Å². The average Bonchev–Trinajstić information content (AvgIpc) is 3.51. The monoisotopic (exact) mass is 576 g/mol. The second-order valence-corrected chi connectivity index (χ2v) is 13.1. The van der Waals surface area contributed by atoms with Gasteiger partial charge in [-0.3, -0.25) is 9.69 Å². The van der Waals surface area contributed by atoms with Crippen LogP contribution in [0.3, 0.4) is 0 Å². The summed E-state index contributed by atoms with van der Waals surface area (Å²) in [5.41, 5.74) is 4.75. The molecule has 43 heavy (non-hydrogen) atoms. The minimum Gasteiger partial charge on any atom is -0.395 e. The standard InChI is InChI=1S/C37H44N4O2/c1-27-38-34-14-8-9-15-35(34)41(27)32-24-30-16-17-31(25-32)40(30)23-20-37(29-12-6-3-7-13-29)18-21-39(22-19-37)36(43)33(26-42)28-10-4-2-5-11-28/h2-15,30-33,42H,16-26H2,1H3/t30-,31+,32+,33?. The summed E-state index contributed by atoms with van der Waals surface area (Å²) < 4.78 is 2.52. The lowest BCUT2D eigenvalue weighted by Crippen LogP contribution is -2.50. The number of nitrogens with zero attached hydrogens (tertiary/aromatic N) is 4. The average molecular weight is 577 g/mol. The third kappa shape index (κ3) is 5.29. The van der Waals surface area contributed by atoms with Crippen molar-refractivity contribution in [2.75, 3.05) is 26.2 Å². The van der Waals surface area contributed by atoms with E-state index >= 15 is 0 Å². The van der Waals surface area contributed by atoms with Crippen molar-refractivity contribution in [1.29, 1.82) is 0 Å². The maximum Gasteiger partial charge on any atom is 0.232 e. The Kier molecular flexibility index (Phi) is 7.83. The molecule has 3 fully saturated rings. The Morgan fingerprint density at radius 3 is 2.19 bits per heavy atom. The Labute approximate surface area is 255 Å². The van der Waals surface area contributed by atoms with Gasteiger partial charge >= 0.3 is 0 Å². The first kappa shape index (κ1) is 28.3. The highest BCUT2D eigenvalue weighted by atomic mass is 16.3. The van der Waals surface area contributed by atoms with E-state index in [0.717, 1.165) is 55.8 Å². The molecular formula is C37H44N4O2. The molecule has 1 aromatic heterocycles. The molecule has 1 N–H and O–H groups in total. The highest BCUT2D eigenvalue weighted by Crippen LogP contribution is 2.45. The van der Waals surface area contributed by atoms with Crippen molar-refractivity contribution in [3.05, 3.63) is 102 Å². The molecule has 0 saturated carbocycles. The van der Waals surface area contributed by atoms with Crippen molar-refractivity contribution < 1.29 is 9.90 Å². The zero-order valence-electron chi connectivity index (χ0n) is 25.3. The summed E-state index contributed by atoms with van der Waals surface area (Å²) in [5.74, 6) is 0.704. The molecule has 6 heteroatoms. The third-order valence-corrected chi connectivity index (χ3v) is 10.9. The van der Waals surface area contributed by atoms with Gasteiger partial charge in [0.25, 0.3) is 0 Å². The van der Waals surface area contributed by atoms with Crippen LogP contribution < -0.4 is 0 Å². The van der Waals surface area contributed by atoms with Gasteiger partial charge in [-0.05, 0) is 87.1 Å². The molecule has 224 valence electrons. The van der Waals surface area contributed by atoms with Gasteiger partial charge in [-0.25, -0.2) is 4.98 Å². The maximum atomic E-state index is 13.6. The first-order valence-corrected chi connectivity index (χ1v) is 16.3. The number of amides is 1. The zero-order chi connectivity index (χ0) is 29.4. The predicted octanol–water partition coefficient (Wildman–Crippen LogP) is 6.24. The molecule has 6 nitrogen and oxygen atoms in total. The molecule has 4 heterocycles. The van der Waals surface area contributed by atoms with Crippen LogP contribution in [-0.4, -0.2) is 68.7 Å². The number of aliphatic hydroxyl groups excluding tert-OH is 1.